The van der Waals surface area contributed by atoms with Crippen LogP contribution in [0.4, 0.5) is 0 Å². The smallest absolute Gasteiger partial charge is 2.00 e. The first kappa shape index (κ1) is 16.1. The maximum absolute atomic E-state index is 7.81. The first-order chi connectivity index (χ1) is 1.00. The molecule has 0 amide bonds. The molecular weight excluding hydrogens is 174 g/mol. The summed E-state index contributed by atoms with van der Waals surface area (Å²) < 4.78 is 7.81. The molecule has 4 heavy (non-hydrogen) atoms. The molecule has 0 aromatic rings. The predicted molar refractivity (Wildman–Crippen MR) is 9.78 cm³/mol. The van der Waals surface area contributed by atoms with Gasteiger partial charge in [0.25, 0.3) is 0 Å². The van der Waals surface area contributed by atoms with Crippen LogP contribution in [0.3, 0.4) is 0 Å². The summed E-state index contributed by atoms with van der Waals surface area (Å²) in [6.07, 6.45) is 0. The topological polar surface area (TPSA) is 17.1 Å². The van der Waals surface area contributed by atoms with E-state index >= 15 is 0 Å². The van der Waals surface area contributed by atoms with E-state index in [1.807, 2.05) is 0 Å². The average Bonchev–Trinajstić information content (AvgIpc) is 1.00. The standard InChI is InChI=1S/Cu.Li.O.Sr.3H/q;+1;;+2;3*-1. The van der Waals surface area contributed by atoms with Crippen LogP contribution in [0, 0.1) is 0 Å². The Balaban J connectivity index is -0.000000000500. The van der Waals surface area contributed by atoms with E-state index in [1.165, 1.54) is 0 Å². The maximum atomic E-state index is 7.81. The van der Waals surface area contributed by atoms with Gasteiger partial charge >= 0.3 is 84.1 Å². The third kappa shape index (κ3) is 8.83. The Morgan fingerprint density at radius 3 is 1.50 bits per heavy atom. The van der Waals surface area contributed by atoms with Gasteiger partial charge in [-0.15, -0.1) is 0 Å². The quantitative estimate of drug-likeness (QED) is 0.357. The second kappa shape index (κ2) is 18.2. The van der Waals surface area contributed by atoms with E-state index in [9.17, 15) is 0 Å². The van der Waals surface area contributed by atoms with Crippen LogP contribution in [-0.2, 0) is 19.8 Å². The molecule has 0 saturated heterocycles. The first-order valence-electron chi connectivity index (χ1n) is 0.123. The Bertz CT molecular complexity index is 14.9. The Hall–Kier alpha value is 2.40. The van der Waals surface area contributed by atoms with Gasteiger partial charge in [0.1, 0.15) is 0 Å². The Morgan fingerprint density at radius 1 is 1.50 bits per heavy atom. The van der Waals surface area contributed by atoms with Crippen LogP contribution in [0.15, 0.2) is 0 Å². The van der Waals surface area contributed by atoms with E-state index in [0.717, 1.165) is 0 Å². The zero-order valence-electron chi connectivity index (χ0n) is 5.42. The second-order valence-electron chi connectivity index (χ2n) is 0. The van der Waals surface area contributed by atoms with Crippen molar-refractivity contribution < 1.29 is 42.9 Å². The van der Waals surface area contributed by atoms with Crippen molar-refractivity contribution in [1.29, 1.82) is 0 Å². The second-order valence-corrected chi connectivity index (χ2v) is 0. The van der Waals surface area contributed by atoms with E-state index in [2.05, 4.69) is 15.9 Å². The summed E-state index contributed by atoms with van der Waals surface area (Å²) in [5.41, 5.74) is 0. The molecule has 0 aromatic carbocycles. The van der Waals surface area contributed by atoms with Crippen molar-refractivity contribution in [3.63, 3.8) is 0 Å². The summed E-state index contributed by atoms with van der Waals surface area (Å²) in [4.78, 5) is 0. The molecule has 0 aromatic heterocycles. The first-order valence-corrected chi connectivity index (χ1v) is 0.508. The summed E-state index contributed by atoms with van der Waals surface area (Å²) in [6.45, 7) is 0. The molecule has 0 aliphatic heterocycles. The van der Waals surface area contributed by atoms with Crippen molar-refractivity contribution >= 4 is 45.5 Å². The van der Waals surface area contributed by atoms with Gasteiger partial charge in [-0.2, -0.15) is 0 Å². The summed E-state index contributed by atoms with van der Waals surface area (Å²) in [7, 11) is 0. The molecule has 0 unspecified atom stereocenters. The van der Waals surface area contributed by atoms with Crippen molar-refractivity contribution in [1.82, 2.24) is 0 Å². The van der Waals surface area contributed by atoms with E-state index in [-0.39, 0.29) is 68.6 Å². The Kier molecular flexibility index (Phi) is 73.3. The van der Waals surface area contributed by atoms with Gasteiger partial charge in [-0.05, 0) is 0 Å². The minimum absolute atomic E-state index is 0. The SMILES string of the molecule is [H-].[H-].[H-].[Li+].[O]=[Cu].[Sr+2]. The average molecular weight is 177 g/mol. The van der Waals surface area contributed by atoms with Crippen LogP contribution in [-0.4, -0.2) is 45.5 Å². The monoisotopic (exact) mass is 177 g/mol. The number of hydrogen-bond donors (Lipinski definition) is 0. The van der Waals surface area contributed by atoms with Crippen molar-refractivity contribution in [2.45, 2.75) is 0 Å². The van der Waals surface area contributed by atoms with Gasteiger partial charge in [0.15, 0.2) is 0 Å². The summed E-state index contributed by atoms with van der Waals surface area (Å²) in [6, 6.07) is 0. The van der Waals surface area contributed by atoms with Gasteiger partial charge in [-0.25, -0.2) is 0 Å². The van der Waals surface area contributed by atoms with Crippen LogP contribution in [0.25, 0.3) is 0 Å². The van der Waals surface area contributed by atoms with Crippen molar-refractivity contribution in [3.8, 4) is 0 Å². The molecular formula is H3CuLiOSr. The van der Waals surface area contributed by atoms with Crippen LogP contribution < -0.4 is 18.9 Å². The largest absolute Gasteiger partial charge is 2.00 e. The summed E-state index contributed by atoms with van der Waals surface area (Å²) >= 11 is 2.94. The molecule has 1 nitrogen and oxygen atoms in total. The fourth-order valence-corrected chi connectivity index (χ4v) is 0. The molecule has 0 N–H and O–H groups in total. The van der Waals surface area contributed by atoms with Gasteiger partial charge in [-0.3, -0.25) is 0 Å². The zero-order chi connectivity index (χ0) is 2.00. The number of rotatable bonds is 0. The normalized spacial score (nSPS) is 1.50. The van der Waals surface area contributed by atoms with Gasteiger partial charge in [0.2, 0.25) is 0 Å². The molecule has 0 aliphatic rings. The molecule has 0 rings (SSSR count). The molecule has 0 bridgehead atoms. The molecule has 0 aliphatic carbocycles. The molecule has 0 fully saturated rings. The van der Waals surface area contributed by atoms with Gasteiger partial charge < -0.3 is 4.28 Å². The van der Waals surface area contributed by atoms with Crippen LogP contribution in [0.5, 0.6) is 0 Å². The van der Waals surface area contributed by atoms with Gasteiger partial charge in [-0.1, -0.05) is 0 Å². The summed E-state index contributed by atoms with van der Waals surface area (Å²) in [5.74, 6) is 0. The van der Waals surface area contributed by atoms with Crippen LogP contribution >= 0.6 is 0 Å². The van der Waals surface area contributed by atoms with Gasteiger partial charge in [0.05, 0.1) is 0 Å². The van der Waals surface area contributed by atoms with Crippen LogP contribution in [0.1, 0.15) is 4.28 Å². The van der Waals surface area contributed by atoms with Crippen LogP contribution in [0.2, 0.25) is 0 Å². The molecule has 0 atom stereocenters. The molecule has 0 heterocycles. The number of hydrogen-bond acceptors (Lipinski definition) is 1. The van der Waals surface area contributed by atoms with Crippen molar-refractivity contribution in [2.75, 3.05) is 0 Å². The molecule has 0 saturated carbocycles. The third-order valence-corrected chi connectivity index (χ3v) is 0. The predicted octanol–water partition coefficient (Wildman–Crippen LogP) is -3.16. The molecule has 4 heteroatoms. The van der Waals surface area contributed by atoms with E-state index in [0.29, 0.717) is 0 Å². The Morgan fingerprint density at radius 2 is 1.50 bits per heavy atom. The van der Waals surface area contributed by atoms with Gasteiger partial charge in [0, 0.05) is 0 Å². The van der Waals surface area contributed by atoms with E-state index in [4.69, 9.17) is 3.83 Å². The molecule has 0 radical (unpaired) electrons. The van der Waals surface area contributed by atoms with Crippen molar-refractivity contribution in [2.24, 2.45) is 0 Å². The minimum Gasteiger partial charge on any atom is 2.00 e. The van der Waals surface area contributed by atoms with E-state index < -0.39 is 0 Å². The molecule has 0 spiro atoms. The Labute approximate surface area is 86.8 Å². The van der Waals surface area contributed by atoms with E-state index in [1.54, 1.807) is 0 Å². The minimum atomic E-state index is 0. The third-order valence-electron chi connectivity index (χ3n) is 0. The summed E-state index contributed by atoms with van der Waals surface area (Å²) in [5, 5.41) is 0. The zero-order valence-corrected chi connectivity index (χ0v) is 6.83. The fourth-order valence-electron chi connectivity index (χ4n) is 0. The fraction of sp³-hybridized carbons (Fsp3) is 0. The maximum Gasteiger partial charge on any atom is 2.00 e. The molecule has 23 valence electrons. The van der Waals surface area contributed by atoms with Crippen molar-refractivity contribution in [3.05, 3.63) is 0 Å².